The smallest absolute Gasteiger partial charge is 0.225 e. The molecule has 0 saturated heterocycles. The summed E-state index contributed by atoms with van der Waals surface area (Å²) in [5, 5.41) is 3.13. The van der Waals surface area contributed by atoms with Gasteiger partial charge in [-0.05, 0) is 30.0 Å². The van der Waals surface area contributed by atoms with Crippen molar-refractivity contribution in [1.29, 1.82) is 0 Å². The molecule has 6 heteroatoms. The summed E-state index contributed by atoms with van der Waals surface area (Å²) in [6.45, 7) is 1.38. The highest BCUT2D eigenvalue weighted by Gasteiger charge is 2.11. The Bertz CT molecular complexity index is 675. The van der Waals surface area contributed by atoms with E-state index in [2.05, 4.69) is 21.4 Å². The van der Waals surface area contributed by atoms with Crippen LogP contribution in [0.1, 0.15) is 17.5 Å². The number of hydrogen-bond donors (Lipinski definition) is 1. The van der Waals surface area contributed by atoms with Gasteiger partial charge in [-0.15, -0.1) is 0 Å². The molecule has 0 spiro atoms. The van der Waals surface area contributed by atoms with Crippen LogP contribution in [0.2, 0.25) is 0 Å². The highest BCUT2D eigenvalue weighted by atomic mass is 19.1. The summed E-state index contributed by atoms with van der Waals surface area (Å²) >= 11 is 0. The number of rotatable bonds is 4. The summed E-state index contributed by atoms with van der Waals surface area (Å²) in [4.78, 5) is 9.78. The van der Waals surface area contributed by atoms with Crippen molar-refractivity contribution in [3.63, 3.8) is 0 Å². The van der Waals surface area contributed by atoms with E-state index in [9.17, 15) is 4.39 Å². The van der Waals surface area contributed by atoms with E-state index in [0.717, 1.165) is 30.8 Å². The lowest BCUT2D eigenvalue weighted by molar-refractivity contribution is 0.288. The van der Waals surface area contributed by atoms with E-state index in [1.165, 1.54) is 11.8 Å². The van der Waals surface area contributed by atoms with Crippen LogP contribution in [0.25, 0.3) is 0 Å². The summed E-state index contributed by atoms with van der Waals surface area (Å²) < 4.78 is 19.2. The molecule has 0 amide bonds. The van der Waals surface area contributed by atoms with Crippen LogP contribution in [0.4, 0.5) is 16.2 Å². The molecule has 0 aliphatic carbocycles. The Hall–Kier alpha value is -2.37. The number of hydrogen-bond acceptors (Lipinski definition) is 5. The molecule has 1 aromatic carbocycles. The van der Waals surface area contributed by atoms with Gasteiger partial charge in [-0.25, -0.2) is 9.37 Å². The van der Waals surface area contributed by atoms with Crippen molar-refractivity contribution in [2.45, 2.75) is 19.4 Å². The number of ether oxygens (including phenoxy) is 1. The van der Waals surface area contributed by atoms with Gasteiger partial charge in [-0.1, -0.05) is 12.1 Å². The fraction of sp³-hybridized carbons (Fsp3) is 0.375. The van der Waals surface area contributed by atoms with Gasteiger partial charge in [0.2, 0.25) is 5.95 Å². The number of aryl methyl sites for hydroxylation is 1. The average Bonchev–Trinajstić information content (AvgIpc) is 2.53. The monoisotopic (exact) mass is 302 g/mol. The SMILES string of the molecule is CN(C)c1nc(NCc2ccc3c(c2)CCCO3)ncc1F. The van der Waals surface area contributed by atoms with Gasteiger partial charge in [-0.3, -0.25) is 0 Å². The molecule has 2 aromatic rings. The van der Waals surface area contributed by atoms with Crippen LogP contribution in [0.5, 0.6) is 5.75 Å². The van der Waals surface area contributed by atoms with E-state index in [4.69, 9.17) is 4.74 Å². The van der Waals surface area contributed by atoms with Crippen molar-refractivity contribution in [2.24, 2.45) is 0 Å². The van der Waals surface area contributed by atoms with Crippen molar-refractivity contribution in [3.8, 4) is 5.75 Å². The largest absolute Gasteiger partial charge is 0.493 e. The summed E-state index contributed by atoms with van der Waals surface area (Å²) in [7, 11) is 3.50. The predicted octanol–water partition coefficient (Wildman–Crippen LogP) is 2.62. The number of nitrogens with zero attached hydrogens (tertiary/aromatic N) is 3. The van der Waals surface area contributed by atoms with E-state index in [0.29, 0.717) is 12.5 Å². The third-order valence-corrected chi connectivity index (χ3v) is 3.57. The van der Waals surface area contributed by atoms with Gasteiger partial charge in [0.05, 0.1) is 12.8 Å². The lowest BCUT2D eigenvalue weighted by Crippen LogP contribution is -2.15. The zero-order valence-electron chi connectivity index (χ0n) is 12.8. The minimum Gasteiger partial charge on any atom is -0.493 e. The summed E-state index contributed by atoms with van der Waals surface area (Å²) in [6, 6.07) is 6.16. The predicted molar refractivity (Wildman–Crippen MR) is 83.9 cm³/mol. The molecule has 0 atom stereocenters. The summed E-state index contributed by atoms with van der Waals surface area (Å²) in [6.07, 6.45) is 3.28. The van der Waals surface area contributed by atoms with Crippen molar-refractivity contribution < 1.29 is 9.13 Å². The van der Waals surface area contributed by atoms with Crippen LogP contribution in [0.15, 0.2) is 24.4 Å². The van der Waals surface area contributed by atoms with Gasteiger partial charge >= 0.3 is 0 Å². The molecule has 0 bridgehead atoms. The van der Waals surface area contributed by atoms with Crippen molar-refractivity contribution in [2.75, 3.05) is 30.9 Å². The van der Waals surface area contributed by atoms with Gasteiger partial charge in [0, 0.05) is 20.6 Å². The summed E-state index contributed by atoms with van der Waals surface area (Å²) in [5.41, 5.74) is 2.36. The molecule has 0 saturated carbocycles. The molecule has 3 rings (SSSR count). The molecule has 1 N–H and O–H groups in total. The van der Waals surface area contributed by atoms with E-state index in [1.54, 1.807) is 19.0 Å². The third kappa shape index (κ3) is 3.10. The van der Waals surface area contributed by atoms with Crippen LogP contribution in [0, 0.1) is 5.82 Å². The lowest BCUT2D eigenvalue weighted by atomic mass is 10.0. The normalized spacial score (nSPS) is 13.2. The van der Waals surface area contributed by atoms with Crippen molar-refractivity contribution in [1.82, 2.24) is 9.97 Å². The minimum atomic E-state index is -0.429. The molecule has 1 aliphatic heterocycles. The molecule has 0 radical (unpaired) electrons. The summed E-state index contributed by atoms with van der Waals surface area (Å²) in [5.74, 6) is 1.24. The molecule has 1 aliphatic rings. The highest BCUT2D eigenvalue weighted by molar-refractivity contribution is 5.43. The van der Waals surface area contributed by atoms with Gasteiger partial charge in [0.1, 0.15) is 5.75 Å². The Morgan fingerprint density at radius 3 is 3.05 bits per heavy atom. The molecule has 2 heterocycles. The molecular formula is C16H19FN4O. The number of fused-ring (bicyclic) bond motifs is 1. The zero-order chi connectivity index (χ0) is 15.5. The van der Waals surface area contributed by atoms with E-state index >= 15 is 0 Å². The Morgan fingerprint density at radius 2 is 2.23 bits per heavy atom. The third-order valence-electron chi connectivity index (χ3n) is 3.57. The van der Waals surface area contributed by atoms with Crippen LogP contribution >= 0.6 is 0 Å². The van der Waals surface area contributed by atoms with Crippen molar-refractivity contribution >= 4 is 11.8 Å². The first kappa shape index (κ1) is 14.6. The average molecular weight is 302 g/mol. The molecule has 1 aromatic heterocycles. The van der Waals surface area contributed by atoms with Gasteiger partial charge in [-0.2, -0.15) is 4.98 Å². The molecular weight excluding hydrogens is 283 g/mol. The van der Waals surface area contributed by atoms with Gasteiger partial charge in [0.25, 0.3) is 0 Å². The van der Waals surface area contributed by atoms with E-state index in [1.807, 2.05) is 12.1 Å². The standard InChI is InChI=1S/C16H19FN4O/c1-21(2)15-13(17)10-19-16(20-15)18-9-11-5-6-14-12(8-11)4-3-7-22-14/h5-6,8,10H,3-4,7,9H2,1-2H3,(H,18,19,20). The van der Waals surface area contributed by atoms with Crippen LogP contribution < -0.4 is 15.0 Å². The Morgan fingerprint density at radius 1 is 1.36 bits per heavy atom. The minimum absolute atomic E-state index is 0.274. The first-order valence-electron chi connectivity index (χ1n) is 7.32. The van der Waals surface area contributed by atoms with E-state index < -0.39 is 5.82 Å². The zero-order valence-corrected chi connectivity index (χ0v) is 12.8. The number of anilines is 2. The van der Waals surface area contributed by atoms with E-state index in [-0.39, 0.29) is 5.82 Å². The second kappa shape index (κ2) is 6.17. The number of halogens is 1. The molecule has 0 unspecified atom stereocenters. The maximum absolute atomic E-state index is 13.6. The Labute approximate surface area is 129 Å². The fourth-order valence-corrected chi connectivity index (χ4v) is 2.46. The van der Waals surface area contributed by atoms with Crippen LogP contribution in [-0.2, 0) is 13.0 Å². The highest BCUT2D eigenvalue weighted by Crippen LogP contribution is 2.25. The van der Waals surface area contributed by atoms with Crippen molar-refractivity contribution in [3.05, 3.63) is 41.3 Å². The quantitative estimate of drug-likeness (QED) is 0.941. The topological polar surface area (TPSA) is 50.3 Å². The van der Waals surface area contributed by atoms with Crippen LogP contribution in [-0.4, -0.2) is 30.7 Å². The second-order valence-corrected chi connectivity index (χ2v) is 5.51. The molecule has 0 fully saturated rings. The Kier molecular flexibility index (Phi) is 4.09. The first-order valence-corrected chi connectivity index (χ1v) is 7.32. The maximum Gasteiger partial charge on any atom is 0.225 e. The maximum atomic E-state index is 13.6. The first-order chi connectivity index (χ1) is 10.6. The molecule has 22 heavy (non-hydrogen) atoms. The fourth-order valence-electron chi connectivity index (χ4n) is 2.46. The molecule has 5 nitrogen and oxygen atoms in total. The number of nitrogens with one attached hydrogen (secondary N) is 1. The Balaban J connectivity index is 1.71. The molecule has 116 valence electrons. The number of benzene rings is 1. The van der Waals surface area contributed by atoms with Gasteiger partial charge in [0.15, 0.2) is 11.6 Å². The van der Waals surface area contributed by atoms with Crippen LogP contribution in [0.3, 0.4) is 0 Å². The second-order valence-electron chi connectivity index (χ2n) is 5.51. The van der Waals surface area contributed by atoms with Gasteiger partial charge < -0.3 is 15.0 Å². The lowest BCUT2D eigenvalue weighted by Gasteiger charge is -2.18. The number of aromatic nitrogens is 2.